The third-order valence-electron chi connectivity index (χ3n) is 4.50. The molecule has 1 aliphatic heterocycles. The molecule has 1 N–H and O–H groups in total. The third-order valence-corrected chi connectivity index (χ3v) is 4.79. The molecule has 31 heavy (non-hydrogen) atoms. The molecule has 2 aromatic carbocycles. The summed E-state index contributed by atoms with van der Waals surface area (Å²) in [5.41, 5.74) is 1.43. The lowest BCUT2D eigenvalue weighted by atomic mass is 10.0. The molecule has 1 heterocycles. The fraction of sp³-hybridized carbons (Fsp3) is 0.174. The molecule has 0 unspecified atom stereocenters. The van der Waals surface area contributed by atoms with Crippen molar-refractivity contribution in [1.82, 2.24) is 5.32 Å². The van der Waals surface area contributed by atoms with Crippen molar-refractivity contribution in [2.75, 3.05) is 18.6 Å². The molecule has 8 heteroatoms. The molecule has 0 saturated carbocycles. The van der Waals surface area contributed by atoms with Crippen molar-refractivity contribution in [2.45, 2.75) is 13.3 Å². The van der Waals surface area contributed by atoms with Crippen molar-refractivity contribution in [3.05, 3.63) is 71.6 Å². The van der Waals surface area contributed by atoms with Crippen LogP contribution in [0.5, 0.6) is 11.5 Å². The van der Waals surface area contributed by atoms with Crippen LogP contribution in [0.4, 0.5) is 10.1 Å². The van der Waals surface area contributed by atoms with E-state index >= 15 is 0 Å². The minimum absolute atomic E-state index is 0.116. The van der Waals surface area contributed by atoms with E-state index in [2.05, 4.69) is 11.9 Å². The second kappa shape index (κ2) is 9.53. The normalized spacial score (nSPS) is 15.1. The van der Waals surface area contributed by atoms with Crippen molar-refractivity contribution >= 4 is 40.9 Å². The Balaban J connectivity index is 2.08. The van der Waals surface area contributed by atoms with Gasteiger partial charge >= 0.3 is 0 Å². The summed E-state index contributed by atoms with van der Waals surface area (Å²) in [5, 5.41) is 2.37. The van der Waals surface area contributed by atoms with Gasteiger partial charge in [0.05, 0.1) is 19.4 Å². The summed E-state index contributed by atoms with van der Waals surface area (Å²) in [5.74, 6) is -0.774. The molecule has 0 bridgehead atoms. The molecular formula is C23H21FN2O4S. The quantitative estimate of drug-likeness (QED) is 0.307. The van der Waals surface area contributed by atoms with Crippen LogP contribution in [0.2, 0.25) is 0 Å². The number of halogens is 1. The first kappa shape index (κ1) is 22.2. The van der Waals surface area contributed by atoms with Gasteiger partial charge in [-0.3, -0.25) is 19.8 Å². The molecule has 0 atom stereocenters. The summed E-state index contributed by atoms with van der Waals surface area (Å²) in [6.07, 6.45) is 3.66. The number of anilines is 1. The van der Waals surface area contributed by atoms with Gasteiger partial charge in [0, 0.05) is 5.56 Å². The van der Waals surface area contributed by atoms with E-state index in [-0.39, 0.29) is 16.4 Å². The number of thiocarbonyl (C=S) groups is 1. The number of carbonyl (C=O) groups is 2. The number of carbonyl (C=O) groups excluding carboxylic acids is 2. The zero-order valence-corrected chi connectivity index (χ0v) is 17.9. The molecule has 3 rings (SSSR count). The number of nitrogens with one attached hydrogen (secondary N) is 1. The van der Waals surface area contributed by atoms with Crippen LogP contribution in [0.15, 0.2) is 54.6 Å². The third kappa shape index (κ3) is 4.64. The van der Waals surface area contributed by atoms with Crippen LogP contribution in [0.25, 0.3) is 6.08 Å². The van der Waals surface area contributed by atoms with E-state index in [1.165, 1.54) is 30.3 Å². The minimum Gasteiger partial charge on any atom is -0.493 e. The second-order valence-electron chi connectivity index (χ2n) is 6.57. The van der Waals surface area contributed by atoms with Gasteiger partial charge in [0.25, 0.3) is 11.8 Å². The molecule has 0 aromatic heterocycles. The summed E-state index contributed by atoms with van der Waals surface area (Å²) >= 11 is 5.14. The van der Waals surface area contributed by atoms with Crippen LogP contribution in [-0.4, -0.2) is 30.6 Å². The van der Waals surface area contributed by atoms with E-state index in [1.54, 1.807) is 25.3 Å². The Morgan fingerprint density at radius 3 is 2.68 bits per heavy atom. The van der Waals surface area contributed by atoms with Gasteiger partial charge in [-0.15, -0.1) is 6.58 Å². The Kier molecular flexibility index (Phi) is 6.81. The number of nitrogens with zero attached hydrogens (tertiary/aromatic N) is 1. The first-order valence-corrected chi connectivity index (χ1v) is 9.92. The van der Waals surface area contributed by atoms with Gasteiger partial charge in [0.1, 0.15) is 11.4 Å². The molecule has 2 aromatic rings. The Hall–Kier alpha value is -3.52. The SMILES string of the molecule is C=CCc1cc(/C=C2\C(=O)NC(=S)N(c3cccc(F)c3)C2=O)cc(OCC)c1OC. The van der Waals surface area contributed by atoms with Gasteiger partial charge in [-0.2, -0.15) is 0 Å². The molecule has 1 saturated heterocycles. The predicted molar refractivity (Wildman–Crippen MR) is 121 cm³/mol. The number of hydrogen-bond donors (Lipinski definition) is 1. The highest BCUT2D eigenvalue weighted by Crippen LogP contribution is 2.34. The van der Waals surface area contributed by atoms with Crippen molar-refractivity contribution in [2.24, 2.45) is 0 Å². The van der Waals surface area contributed by atoms with Gasteiger partial charge in [-0.1, -0.05) is 12.1 Å². The highest BCUT2D eigenvalue weighted by Gasteiger charge is 2.34. The molecule has 2 amide bonds. The average Bonchev–Trinajstić information content (AvgIpc) is 2.71. The van der Waals surface area contributed by atoms with E-state index in [1.807, 2.05) is 6.92 Å². The van der Waals surface area contributed by atoms with Gasteiger partial charge in [-0.25, -0.2) is 4.39 Å². The topological polar surface area (TPSA) is 67.9 Å². The average molecular weight is 440 g/mol. The summed E-state index contributed by atoms with van der Waals surface area (Å²) in [6.45, 7) is 6.00. The molecule has 160 valence electrons. The molecule has 0 aliphatic carbocycles. The van der Waals surface area contributed by atoms with Gasteiger partial charge in [-0.05, 0) is 67.5 Å². The smallest absolute Gasteiger partial charge is 0.270 e. The Morgan fingerprint density at radius 1 is 1.26 bits per heavy atom. The lowest BCUT2D eigenvalue weighted by Gasteiger charge is -2.29. The zero-order valence-electron chi connectivity index (χ0n) is 17.1. The van der Waals surface area contributed by atoms with E-state index in [0.717, 1.165) is 10.5 Å². The van der Waals surface area contributed by atoms with Crippen molar-refractivity contribution in [3.8, 4) is 11.5 Å². The number of rotatable bonds is 7. The van der Waals surface area contributed by atoms with Crippen LogP contribution >= 0.6 is 12.2 Å². The monoisotopic (exact) mass is 440 g/mol. The highest BCUT2D eigenvalue weighted by molar-refractivity contribution is 7.80. The second-order valence-corrected chi connectivity index (χ2v) is 6.96. The molecule has 6 nitrogen and oxygen atoms in total. The van der Waals surface area contributed by atoms with E-state index in [9.17, 15) is 14.0 Å². The van der Waals surface area contributed by atoms with Crippen molar-refractivity contribution in [1.29, 1.82) is 0 Å². The number of allylic oxidation sites excluding steroid dienone is 1. The minimum atomic E-state index is -0.654. The van der Waals surface area contributed by atoms with E-state index < -0.39 is 17.6 Å². The lowest BCUT2D eigenvalue weighted by Crippen LogP contribution is -2.54. The molecule has 1 fully saturated rings. The highest BCUT2D eigenvalue weighted by atomic mass is 32.1. The van der Waals surface area contributed by atoms with Gasteiger partial charge in [0.15, 0.2) is 16.6 Å². The maximum absolute atomic E-state index is 13.7. The van der Waals surface area contributed by atoms with Crippen molar-refractivity contribution in [3.63, 3.8) is 0 Å². The Labute approximate surface area is 185 Å². The summed E-state index contributed by atoms with van der Waals surface area (Å²) < 4.78 is 24.8. The first-order valence-electron chi connectivity index (χ1n) is 9.51. The maximum atomic E-state index is 13.7. The number of amides is 2. The first-order chi connectivity index (χ1) is 14.9. The number of ether oxygens (including phenoxy) is 2. The van der Waals surface area contributed by atoms with Gasteiger partial charge in [0.2, 0.25) is 0 Å². The number of methoxy groups -OCH3 is 1. The number of hydrogen-bond acceptors (Lipinski definition) is 5. The van der Waals surface area contributed by atoms with E-state index in [4.69, 9.17) is 21.7 Å². The van der Waals surface area contributed by atoms with E-state index in [0.29, 0.717) is 30.1 Å². The summed E-state index contributed by atoms with van der Waals surface area (Å²) in [6, 6.07) is 8.88. The van der Waals surface area contributed by atoms with Gasteiger partial charge < -0.3 is 9.47 Å². The number of benzene rings is 2. The summed E-state index contributed by atoms with van der Waals surface area (Å²) in [7, 11) is 1.54. The molecule has 1 aliphatic rings. The molecule has 0 spiro atoms. The Bertz CT molecular complexity index is 1100. The van der Waals surface area contributed by atoms with Crippen LogP contribution < -0.4 is 19.7 Å². The zero-order chi connectivity index (χ0) is 22.5. The van der Waals surface area contributed by atoms with Crippen LogP contribution in [0.1, 0.15) is 18.1 Å². The lowest BCUT2D eigenvalue weighted by molar-refractivity contribution is -0.122. The van der Waals surface area contributed by atoms with Crippen molar-refractivity contribution < 1.29 is 23.5 Å². The molecular weight excluding hydrogens is 419 g/mol. The fourth-order valence-corrected chi connectivity index (χ4v) is 3.52. The molecule has 0 radical (unpaired) electrons. The Morgan fingerprint density at radius 2 is 2.03 bits per heavy atom. The largest absolute Gasteiger partial charge is 0.493 e. The van der Waals surface area contributed by atoms with Crippen LogP contribution in [0, 0.1) is 5.82 Å². The predicted octanol–water partition coefficient (Wildman–Crippen LogP) is 3.79. The van der Waals surface area contributed by atoms with Crippen LogP contribution in [0.3, 0.4) is 0 Å². The summed E-state index contributed by atoms with van der Waals surface area (Å²) in [4.78, 5) is 26.8. The van der Waals surface area contributed by atoms with Crippen LogP contribution in [-0.2, 0) is 16.0 Å². The fourth-order valence-electron chi connectivity index (χ4n) is 3.24. The standard InChI is InChI=1S/C23H21FN2O4S/c1-4-7-15-10-14(12-19(30-5-2)20(15)29-3)11-18-21(27)25-23(31)26(22(18)28)17-9-6-8-16(24)13-17/h4,6,8-13H,1,5,7H2,2-3H3,(H,25,27,31)/b18-11+. The maximum Gasteiger partial charge on any atom is 0.270 e.